The molecule has 0 aliphatic carbocycles. The number of rotatable bonds is 11. The van der Waals surface area contributed by atoms with Crippen molar-refractivity contribution in [2.75, 3.05) is 26.0 Å². The third kappa shape index (κ3) is 6.35. The van der Waals surface area contributed by atoms with Gasteiger partial charge in [0.1, 0.15) is 12.4 Å². The van der Waals surface area contributed by atoms with Crippen LogP contribution in [-0.4, -0.2) is 46.7 Å². The Morgan fingerprint density at radius 1 is 1.16 bits per heavy atom. The van der Waals surface area contributed by atoms with E-state index in [1.165, 1.54) is 11.8 Å². The Hall–Kier alpha value is -3.28. The van der Waals surface area contributed by atoms with E-state index >= 15 is 0 Å². The Morgan fingerprint density at radius 2 is 1.94 bits per heavy atom. The molecule has 0 aliphatic heterocycles. The highest BCUT2D eigenvalue weighted by atomic mass is 32.2. The third-order valence-electron chi connectivity index (χ3n) is 4.36. The smallest absolute Gasteiger partial charge is 0.231 e. The maximum absolute atomic E-state index is 11.9. The number of terminal acetylenes is 1. The zero-order chi connectivity index (χ0) is 21.9. The first kappa shape index (κ1) is 22.4. The molecule has 7 nitrogen and oxygen atoms in total. The van der Waals surface area contributed by atoms with E-state index in [0.29, 0.717) is 24.1 Å². The first-order chi connectivity index (χ1) is 15.2. The summed E-state index contributed by atoms with van der Waals surface area (Å²) in [6.45, 7) is 1.49. The summed E-state index contributed by atoms with van der Waals surface area (Å²) >= 11 is 1.30. The second-order valence-corrected chi connectivity index (χ2v) is 7.41. The Labute approximate surface area is 186 Å². The van der Waals surface area contributed by atoms with Crippen molar-refractivity contribution in [2.45, 2.75) is 18.3 Å². The Kier molecular flexibility index (Phi) is 8.52. The number of hydrogen-bond acceptors (Lipinski definition) is 6. The van der Waals surface area contributed by atoms with Crippen LogP contribution in [0.15, 0.2) is 59.8 Å². The van der Waals surface area contributed by atoms with Crippen LogP contribution in [0.4, 0.5) is 0 Å². The fourth-order valence-corrected chi connectivity index (χ4v) is 3.67. The zero-order valence-corrected chi connectivity index (χ0v) is 18.1. The van der Waals surface area contributed by atoms with Crippen molar-refractivity contribution in [3.05, 3.63) is 60.4 Å². The normalized spacial score (nSPS) is 10.5. The van der Waals surface area contributed by atoms with E-state index in [1.54, 1.807) is 7.11 Å². The van der Waals surface area contributed by atoms with Gasteiger partial charge in [-0.25, -0.2) is 0 Å². The number of carbonyl (C=O) groups is 1. The van der Waals surface area contributed by atoms with Crippen molar-refractivity contribution >= 4 is 17.7 Å². The molecule has 3 aromatic rings. The molecule has 31 heavy (non-hydrogen) atoms. The summed E-state index contributed by atoms with van der Waals surface area (Å²) in [5, 5.41) is 11.8. The number of methoxy groups -OCH3 is 1. The molecule has 160 valence electrons. The second-order valence-electron chi connectivity index (χ2n) is 6.46. The Morgan fingerprint density at radius 3 is 2.71 bits per heavy atom. The number of amides is 1. The molecule has 0 saturated heterocycles. The lowest BCUT2D eigenvalue weighted by atomic mass is 10.1. The molecular formula is C23H24N4O3S. The average molecular weight is 437 g/mol. The van der Waals surface area contributed by atoms with E-state index in [2.05, 4.69) is 21.4 Å². The molecule has 0 radical (unpaired) electrons. The number of nitrogens with one attached hydrogen (secondary N) is 1. The van der Waals surface area contributed by atoms with Crippen LogP contribution in [0.2, 0.25) is 0 Å². The molecule has 1 amide bonds. The quantitative estimate of drug-likeness (QED) is 0.368. The van der Waals surface area contributed by atoms with Gasteiger partial charge in [-0.1, -0.05) is 66.2 Å². The molecule has 0 aliphatic rings. The molecule has 1 N–H and O–H groups in total. The van der Waals surface area contributed by atoms with E-state index < -0.39 is 0 Å². The van der Waals surface area contributed by atoms with Gasteiger partial charge in [0.25, 0.3) is 0 Å². The van der Waals surface area contributed by atoms with E-state index in [4.69, 9.17) is 15.9 Å². The largest absolute Gasteiger partial charge is 0.485 e. The number of para-hydroxylation sites is 1. The lowest BCUT2D eigenvalue weighted by Gasteiger charge is -2.13. The summed E-state index contributed by atoms with van der Waals surface area (Å²) in [6, 6.07) is 17.9. The number of benzene rings is 2. The van der Waals surface area contributed by atoms with Crippen molar-refractivity contribution < 1.29 is 14.3 Å². The number of thioether (sulfide) groups is 1. The molecule has 0 atom stereocenters. The van der Waals surface area contributed by atoms with Gasteiger partial charge in [-0.05, 0) is 11.6 Å². The molecule has 0 spiro atoms. The second kappa shape index (κ2) is 11.8. The van der Waals surface area contributed by atoms with E-state index in [9.17, 15) is 4.79 Å². The Bertz CT molecular complexity index is 1030. The molecule has 2 aromatic carbocycles. The molecule has 1 aromatic heterocycles. The fourth-order valence-electron chi connectivity index (χ4n) is 2.86. The van der Waals surface area contributed by atoms with E-state index in [1.807, 2.05) is 59.2 Å². The summed E-state index contributed by atoms with van der Waals surface area (Å²) in [7, 11) is 1.64. The standard InChI is InChI=1S/C23H24N4O3S/c1-3-13-24-22(28)17-31-23-26-25-21(27(23)14-15-29-2)16-30-20-12-8-7-11-19(20)18-9-5-4-6-10-18/h1,4-12H,13-17H2,2H3,(H,24,28). The number of hydrogen-bond donors (Lipinski definition) is 1. The van der Waals surface area contributed by atoms with Gasteiger partial charge in [0.2, 0.25) is 5.91 Å². The van der Waals surface area contributed by atoms with Gasteiger partial charge < -0.3 is 19.4 Å². The molecule has 0 saturated carbocycles. The van der Waals surface area contributed by atoms with Crippen LogP contribution >= 0.6 is 11.8 Å². The summed E-state index contributed by atoms with van der Waals surface area (Å²) in [5.74, 6) is 3.85. The van der Waals surface area contributed by atoms with Crippen molar-refractivity contribution in [1.29, 1.82) is 0 Å². The topological polar surface area (TPSA) is 78.3 Å². The van der Waals surface area contributed by atoms with Gasteiger partial charge in [0.05, 0.1) is 18.9 Å². The highest BCUT2D eigenvalue weighted by Gasteiger charge is 2.15. The summed E-state index contributed by atoms with van der Waals surface area (Å²) in [5.41, 5.74) is 2.08. The van der Waals surface area contributed by atoms with Gasteiger partial charge in [-0.15, -0.1) is 16.6 Å². The SMILES string of the molecule is C#CCNC(=O)CSc1nnc(COc2ccccc2-c2ccccc2)n1CCOC. The first-order valence-electron chi connectivity index (χ1n) is 9.74. The van der Waals surface area contributed by atoms with E-state index in [-0.39, 0.29) is 24.8 Å². The lowest BCUT2D eigenvalue weighted by molar-refractivity contribution is -0.118. The van der Waals surface area contributed by atoms with Crippen LogP contribution in [0.5, 0.6) is 5.75 Å². The first-order valence-corrected chi connectivity index (χ1v) is 10.7. The number of carbonyl (C=O) groups excluding carboxylic acids is 1. The van der Waals surface area contributed by atoms with Crippen LogP contribution < -0.4 is 10.1 Å². The predicted molar refractivity (Wildman–Crippen MR) is 121 cm³/mol. The van der Waals surface area contributed by atoms with Gasteiger partial charge in [-0.2, -0.15) is 0 Å². The molecule has 1 heterocycles. The number of nitrogens with zero attached hydrogens (tertiary/aromatic N) is 3. The molecule has 0 fully saturated rings. The molecular weight excluding hydrogens is 412 g/mol. The van der Waals surface area contributed by atoms with Crippen LogP contribution in [0.1, 0.15) is 5.82 Å². The van der Waals surface area contributed by atoms with Gasteiger partial charge in [0, 0.05) is 19.2 Å². The molecule has 8 heteroatoms. The van der Waals surface area contributed by atoms with Crippen molar-refractivity contribution in [3.8, 4) is 29.2 Å². The van der Waals surface area contributed by atoms with Crippen LogP contribution in [0.3, 0.4) is 0 Å². The summed E-state index contributed by atoms with van der Waals surface area (Å²) in [6.07, 6.45) is 5.17. The maximum atomic E-state index is 11.9. The minimum absolute atomic E-state index is 0.154. The minimum Gasteiger partial charge on any atom is -0.485 e. The molecule has 0 bridgehead atoms. The zero-order valence-electron chi connectivity index (χ0n) is 17.3. The monoisotopic (exact) mass is 436 g/mol. The molecule has 3 rings (SSSR count). The van der Waals surface area contributed by atoms with Crippen LogP contribution in [0, 0.1) is 12.3 Å². The summed E-state index contributed by atoms with van der Waals surface area (Å²) < 4.78 is 13.2. The van der Waals surface area contributed by atoms with Crippen molar-refractivity contribution in [3.63, 3.8) is 0 Å². The number of aromatic nitrogens is 3. The molecule has 0 unspecified atom stereocenters. The predicted octanol–water partition coefficient (Wildman–Crippen LogP) is 3.01. The average Bonchev–Trinajstić information content (AvgIpc) is 3.20. The van der Waals surface area contributed by atoms with Crippen molar-refractivity contribution in [2.24, 2.45) is 0 Å². The van der Waals surface area contributed by atoms with Gasteiger partial charge in [0.15, 0.2) is 11.0 Å². The fraction of sp³-hybridized carbons (Fsp3) is 0.261. The van der Waals surface area contributed by atoms with E-state index in [0.717, 1.165) is 16.9 Å². The minimum atomic E-state index is -0.154. The maximum Gasteiger partial charge on any atom is 0.231 e. The summed E-state index contributed by atoms with van der Waals surface area (Å²) in [4.78, 5) is 11.9. The highest BCUT2D eigenvalue weighted by Crippen LogP contribution is 2.30. The lowest BCUT2D eigenvalue weighted by Crippen LogP contribution is -2.25. The van der Waals surface area contributed by atoms with Gasteiger partial charge >= 0.3 is 0 Å². The third-order valence-corrected chi connectivity index (χ3v) is 5.33. The number of ether oxygens (including phenoxy) is 2. The Balaban J connectivity index is 1.73. The van der Waals surface area contributed by atoms with Crippen LogP contribution in [-0.2, 0) is 22.7 Å². The highest BCUT2D eigenvalue weighted by molar-refractivity contribution is 7.99. The van der Waals surface area contributed by atoms with Crippen molar-refractivity contribution in [1.82, 2.24) is 20.1 Å². The van der Waals surface area contributed by atoms with Gasteiger partial charge in [-0.3, -0.25) is 4.79 Å². The van der Waals surface area contributed by atoms with Crippen LogP contribution in [0.25, 0.3) is 11.1 Å².